The number of hydrogen-bond donors (Lipinski definition) is 2. The number of amides is 1. The average molecular weight is 379 g/mol. The number of aromatic nitrogens is 2. The zero-order chi connectivity index (χ0) is 19.3. The normalized spacial score (nSPS) is 14.0. The van der Waals surface area contributed by atoms with Gasteiger partial charge in [0.05, 0.1) is 36.5 Å². The number of para-hydroxylation sites is 2. The monoisotopic (exact) mass is 379 g/mol. The van der Waals surface area contributed by atoms with Crippen LogP contribution in [0.25, 0.3) is 0 Å². The number of nitrogens with one attached hydrogen (secondary N) is 2. The van der Waals surface area contributed by atoms with Crippen LogP contribution in [0.3, 0.4) is 0 Å². The van der Waals surface area contributed by atoms with E-state index < -0.39 is 0 Å². The first-order chi connectivity index (χ1) is 13.7. The highest BCUT2D eigenvalue weighted by Gasteiger charge is 2.15. The molecule has 8 heteroatoms. The van der Waals surface area contributed by atoms with Crippen molar-refractivity contribution in [3.05, 3.63) is 60.1 Å². The van der Waals surface area contributed by atoms with Gasteiger partial charge in [0.1, 0.15) is 11.5 Å². The lowest BCUT2D eigenvalue weighted by Gasteiger charge is -2.30. The fraction of sp³-hybridized carbons (Fsp3) is 0.250. The average Bonchev–Trinajstić information content (AvgIpc) is 3.14. The molecule has 3 aromatic rings. The molecule has 28 heavy (non-hydrogen) atoms. The van der Waals surface area contributed by atoms with E-state index in [-0.39, 0.29) is 5.91 Å². The van der Waals surface area contributed by atoms with Crippen LogP contribution in [0.4, 0.5) is 22.9 Å². The van der Waals surface area contributed by atoms with Gasteiger partial charge in [0.25, 0.3) is 5.91 Å². The number of pyridine rings is 1. The van der Waals surface area contributed by atoms with Crippen LogP contribution in [0, 0.1) is 6.92 Å². The van der Waals surface area contributed by atoms with Crippen molar-refractivity contribution in [1.82, 2.24) is 10.1 Å². The second-order valence-corrected chi connectivity index (χ2v) is 6.45. The van der Waals surface area contributed by atoms with Crippen molar-refractivity contribution in [3.8, 4) is 0 Å². The molecule has 0 atom stereocenters. The number of carbonyl (C=O) groups is 1. The van der Waals surface area contributed by atoms with E-state index in [2.05, 4.69) is 31.7 Å². The molecule has 144 valence electrons. The van der Waals surface area contributed by atoms with Crippen LogP contribution in [0.15, 0.2) is 53.2 Å². The molecular weight excluding hydrogens is 358 g/mol. The maximum Gasteiger partial charge on any atom is 0.275 e. The van der Waals surface area contributed by atoms with E-state index in [1.807, 2.05) is 24.3 Å². The predicted molar refractivity (Wildman–Crippen MR) is 106 cm³/mol. The van der Waals surface area contributed by atoms with Gasteiger partial charge in [0.2, 0.25) is 0 Å². The molecule has 0 spiro atoms. The van der Waals surface area contributed by atoms with Crippen LogP contribution in [0.2, 0.25) is 0 Å². The lowest BCUT2D eigenvalue weighted by atomic mass is 10.2. The number of morpholine rings is 1. The molecule has 0 unspecified atom stereocenters. The van der Waals surface area contributed by atoms with E-state index in [0.29, 0.717) is 17.3 Å². The number of ether oxygens (including phenoxy) is 1. The second-order valence-electron chi connectivity index (χ2n) is 6.45. The minimum absolute atomic E-state index is 0.299. The van der Waals surface area contributed by atoms with Crippen molar-refractivity contribution >= 4 is 28.8 Å². The smallest absolute Gasteiger partial charge is 0.275 e. The Labute approximate surface area is 162 Å². The van der Waals surface area contributed by atoms with E-state index in [1.54, 1.807) is 25.3 Å². The molecule has 0 bridgehead atoms. The van der Waals surface area contributed by atoms with E-state index in [9.17, 15) is 4.79 Å². The molecule has 1 aliphatic heterocycles. The highest BCUT2D eigenvalue weighted by atomic mass is 16.5. The van der Waals surface area contributed by atoms with Crippen molar-refractivity contribution in [2.45, 2.75) is 6.92 Å². The Hall–Kier alpha value is -3.39. The van der Waals surface area contributed by atoms with Gasteiger partial charge in [0.15, 0.2) is 5.82 Å². The highest BCUT2D eigenvalue weighted by molar-refractivity contribution is 6.02. The van der Waals surface area contributed by atoms with Crippen LogP contribution >= 0.6 is 0 Å². The summed E-state index contributed by atoms with van der Waals surface area (Å²) in [4.78, 5) is 18.8. The maximum absolute atomic E-state index is 12.3. The van der Waals surface area contributed by atoms with Gasteiger partial charge in [-0.25, -0.2) is 4.98 Å². The number of nitrogens with zero attached hydrogens (tertiary/aromatic N) is 3. The molecule has 8 nitrogen and oxygen atoms in total. The molecule has 0 radical (unpaired) electrons. The summed E-state index contributed by atoms with van der Waals surface area (Å²) in [5.41, 5.74) is 3.21. The summed E-state index contributed by atoms with van der Waals surface area (Å²) in [6.45, 7) is 4.93. The lowest BCUT2D eigenvalue weighted by molar-refractivity contribution is 0.102. The Morgan fingerprint density at radius 1 is 1.14 bits per heavy atom. The third kappa shape index (κ3) is 4.12. The molecule has 0 aliphatic carbocycles. The van der Waals surface area contributed by atoms with Gasteiger partial charge in [-0.05, 0) is 31.2 Å². The van der Waals surface area contributed by atoms with Crippen LogP contribution in [0.5, 0.6) is 0 Å². The molecule has 1 fully saturated rings. The van der Waals surface area contributed by atoms with E-state index >= 15 is 0 Å². The summed E-state index contributed by atoms with van der Waals surface area (Å²) < 4.78 is 10.4. The number of anilines is 4. The molecule has 0 saturated carbocycles. The molecule has 1 saturated heterocycles. The summed E-state index contributed by atoms with van der Waals surface area (Å²) in [7, 11) is 0. The first-order valence-electron chi connectivity index (χ1n) is 9.08. The predicted octanol–water partition coefficient (Wildman–Crippen LogP) is 3.21. The minimum atomic E-state index is -0.339. The number of benzene rings is 1. The van der Waals surface area contributed by atoms with Crippen molar-refractivity contribution in [3.63, 3.8) is 0 Å². The SMILES string of the molecule is Cc1cc(NC(=O)c2ccc(Nc3ccccc3N3CCOCC3)cn2)no1. The van der Waals surface area contributed by atoms with E-state index in [4.69, 9.17) is 9.26 Å². The summed E-state index contributed by atoms with van der Waals surface area (Å²) in [6, 6.07) is 13.3. The van der Waals surface area contributed by atoms with E-state index in [0.717, 1.165) is 43.4 Å². The maximum atomic E-state index is 12.3. The third-order valence-electron chi connectivity index (χ3n) is 4.40. The van der Waals surface area contributed by atoms with E-state index in [1.165, 1.54) is 0 Å². The molecule has 3 heterocycles. The van der Waals surface area contributed by atoms with Crippen LogP contribution in [-0.4, -0.2) is 42.4 Å². The summed E-state index contributed by atoms with van der Waals surface area (Å²) in [5, 5.41) is 9.79. The first kappa shape index (κ1) is 18.0. The third-order valence-corrected chi connectivity index (χ3v) is 4.40. The molecule has 4 rings (SSSR count). The summed E-state index contributed by atoms with van der Waals surface area (Å²) >= 11 is 0. The number of carbonyl (C=O) groups excluding carboxylic acids is 1. The minimum Gasteiger partial charge on any atom is -0.378 e. The molecule has 1 aromatic carbocycles. The molecule has 1 amide bonds. The fourth-order valence-corrected chi connectivity index (χ4v) is 3.02. The van der Waals surface area contributed by atoms with Gasteiger partial charge < -0.3 is 24.8 Å². The molecule has 1 aliphatic rings. The Morgan fingerprint density at radius 2 is 1.96 bits per heavy atom. The van der Waals surface area contributed by atoms with Gasteiger partial charge in [-0.15, -0.1) is 0 Å². The zero-order valence-corrected chi connectivity index (χ0v) is 15.5. The Morgan fingerprint density at radius 3 is 2.68 bits per heavy atom. The van der Waals surface area contributed by atoms with Gasteiger partial charge in [0, 0.05) is 19.2 Å². The van der Waals surface area contributed by atoms with Crippen LogP contribution in [0.1, 0.15) is 16.2 Å². The quantitative estimate of drug-likeness (QED) is 0.703. The highest BCUT2D eigenvalue weighted by Crippen LogP contribution is 2.29. The zero-order valence-electron chi connectivity index (χ0n) is 15.5. The van der Waals surface area contributed by atoms with Crippen LogP contribution < -0.4 is 15.5 Å². The van der Waals surface area contributed by atoms with Gasteiger partial charge in [-0.1, -0.05) is 17.3 Å². The standard InChI is InChI=1S/C20H21N5O3/c1-14-12-19(24-28-14)23-20(26)17-7-6-15(13-21-17)22-16-4-2-3-5-18(16)25-8-10-27-11-9-25/h2-7,12-13,22H,8-11H2,1H3,(H,23,24,26). The Kier molecular flexibility index (Phi) is 5.20. The lowest BCUT2D eigenvalue weighted by Crippen LogP contribution is -2.36. The number of aryl methyl sites for hydroxylation is 1. The summed E-state index contributed by atoms with van der Waals surface area (Å²) in [6.07, 6.45) is 1.64. The molecule has 2 aromatic heterocycles. The summed E-state index contributed by atoms with van der Waals surface area (Å²) in [5.74, 6) is 0.654. The van der Waals surface area contributed by atoms with Crippen LogP contribution in [-0.2, 0) is 4.74 Å². The first-order valence-corrected chi connectivity index (χ1v) is 9.08. The van der Waals surface area contributed by atoms with Crippen molar-refractivity contribution in [2.75, 3.05) is 41.8 Å². The van der Waals surface area contributed by atoms with Gasteiger partial charge >= 0.3 is 0 Å². The largest absolute Gasteiger partial charge is 0.378 e. The number of rotatable bonds is 5. The molecular formula is C20H21N5O3. The Bertz CT molecular complexity index is 948. The Balaban J connectivity index is 1.45. The van der Waals surface area contributed by atoms with Gasteiger partial charge in [-0.3, -0.25) is 4.79 Å². The number of hydrogen-bond acceptors (Lipinski definition) is 7. The van der Waals surface area contributed by atoms with Crippen molar-refractivity contribution in [1.29, 1.82) is 0 Å². The van der Waals surface area contributed by atoms with Crippen molar-refractivity contribution in [2.24, 2.45) is 0 Å². The van der Waals surface area contributed by atoms with Gasteiger partial charge in [-0.2, -0.15) is 0 Å². The topological polar surface area (TPSA) is 92.5 Å². The second kappa shape index (κ2) is 8.10. The fourth-order valence-electron chi connectivity index (χ4n) is 3.02. The molecule has 2 N–H and O–H groups in total. The van der Waals surface area contributed by atoms with Crippen molar-refractivity contribution < 1.29 is 14.1 Å².